The van der Waals surface area contributed by atoms with Crippen molar-refractivity contribution in [2.75, 3.05) is 39.8 Å². The summed E-state index contributed by atoms with van der Waals surface area (Å²) in [4.78, 5) is 2.49. The van der Waals surface area contributed by atoms with Gasteiger partial charge in [0.1, 0.15) is 0 Å². The van der Waals surface area contributed by atoms with Crippen LogP contribution in [0.3, 0.4) is 0 Å². The van der Waals surface area contributed by atoms with Gasteiger partial charge in [-0.25, -0.2) is 0 Å². The highest BCUT2D eigenvalue weighted by molar-refractivity contribution is 4.82. The van der Waals surface area contributed by atoms with E-state index in [1.807, 2.05) is 7.11 Å². The normalized spacial score (nSPS) is 33.3. The number of methoxy groups -OCH3 is 1. The minimum Gasteiger partial charge on any atom is -0.380 e. The molecule has 4 heteroatoms. The summed E-state index contributed by atoms with van der Waals surface area (Å²) in [6, 6.07) is 0. The second kappa shape index (κ2) is 7.43. The van der Waals surface area contributed by atoms with Crippen molar-refractivity contribution in [2.45, 2.75) is 50.9 Å². The molecule has 2 heterocycles. The van der Waals surface area contributed by atoms with Gasteiger partial charge in [-0.05, 0) is 32.2 Å². The van der Waals surface area contributed by atoms with Gasteiger partial charge in [0.05, 0.1) is 18.3 Å². The van der Waals surface area contributed by atoms with Gasteiger partial charge in [0.25, 0.3) is 0 Å². The Balaban J connectivity index is 1.61. The summed E-state index contributed by atoms with van der Waals surface area (Å²) in [7, 11) is 1.82. The van der Waals surface area contributed by atoms with E-state index in [9.17, 15) is 0 Å². The Bertz CT molecular complexity index is 238. The Kier molecular flexibility index (Phi) is 5.89. The van der Waals surface area contributed by atoms with Crippen LogP contribution in [-0.2, 0) is 9.47 Å². The molecule has 18 heavy (non-hydrogen) atoms. The van der Waals surface area contributed by atoms with Gasteiger partial charge < -0.3 is 14.8 Å². The first-order chi connectivity index (χ1) is 8.81. The van der Waals surface area contributed by atoms with Crippen LogP contribution in [0.1, 0.15) is 32.6 Å². The summed E-state index contributed by atoms with van der Waals surface area (Å²) in [5.74, 6) is 0. The highest BCUT2D eigenvalue weighted by atomic mass is 16.5. The maximum absolute atomic E-state index is 6.09. The fraction of sp³-hybridized carbons (Fsp3) is 1.00. The second-order valence-electron chi connectivity index (χ2n) is 5.57. The van der Waals surface area contributed by atoms with Crippen LogP contribution in [0.15, 0.2) is 0 Å². The molecule has 3 unspecified atom stereocenters. The predicted octanol–water partition coefficient (Wildman–Crippen LogP) is 1.25. The molecule has 0 radical (unpaired) electrons. The third-order valence-electron chi connectivity index (χ3n) is 4.02. The van der Waals surface area contributed by atoms with Crippen molar-refractivity contribution < 1.29 is 9.47 Å². The van der Waals surface area contributed by atoms with E-state index in [2.05, 4.69) is 17.1 Å². The van der Waals surface area contributed by atoms with E-state index < -0.39 is 0 Å². The molecule has 2 saturated heterocycles. The first kappa shape index (κ1) is 14.3. The molecule has 4 nitrogen and oxygen atoms in total. The average Bonchev–Trinajstić information content (AvgIpc) is 3.00. The highest BCUT2D eigenvalue weighted by Crippen LogP contribution is 2.22. The van der Waals surface area contributed by atoms with Crippen LogP contribution < -0.4 is 5.32 Å². The van der Waals surface area contributed by atoms with Gasteiger partial charge in [-0.3, -0.25) is 4.90 Å². The van der Waals surface area contributed by atoms with Crippen molar-refractivity contribution in [1.29, 1.82) is 0 Å². The SMILES string of the molecule is CCCNCC1CCC(CN2CCC(OC)C2)O1. The molecular formula is C14H28N2O2. The van der Waals surface area contributed by atoms with Crippen LogP contribution in [0, 0.1) is 0 Å². The molecule has 1 N–H and O–H groups in total. The third-order valence-corrected chi connectivity index (χ3v) is 4.02. The molecular weight excluding hydrogens is 228 g/mol. The Morgan fingerprint density at radius 2 is 2.11 bits per heavy atom. The van der Waals surface area contributed by atoms with E-state index >= 15 is 0 Å². The fourth-order valence-electron chi connectivity index (χ4n) is 2.95. The van der Waals surface area contributed by atoms with Gasteiger partial charge in [-0.15, -0.1) is 0 Å². The van der Waals surface area contributed by atoms with Crippen molar-refractivity contribution in [2.24, 2.45) is 0 Å². The molecule has 0 aromatic heterocycles. The molecule has 2 aliphatic rings. The molecule has 0 amide bonds. The predicted molar refractivity (Wildman–Crippen MR) is 72.9 cm³/mol. The van der Waals surface area contributed by atoms with Crippen molar-refractivity contribution in [3.05, 3.63) is 0 Å². The van der Waals surface area contributed by atoms with Crippen molar-refractivity contribution in [3.8, 4) is 0 Å². The number of hydrogen-bond donors (Lipinski definition) is 1. The first-order valence-corrected chi connectivity index (χ1v) is 7.43. The summed E-state index contributed by atoms with van der Waals surface area (Å²) in [5, 5.41) is 3.45. The van der Waals surface area contributed by atoms with E-state index in [4.69, 9.17) is 9.47 Å². The number of nitrogens with one attached hydrogen (secondary N) is 1. The lowest BCUT2D eigenvalue weighted by Crippen LogP contribution is -2.33. The van der Waals surface area contributed by atoms with Crippen LogP contribution in [0.5, 0.6) is 0 Å². The lowest BCUT2D eigenvalue weighted by Gasteiger charge is -2.21. The highest BCUT2D eigenvalue weighted by Gasteiger charge is 2.29. The van der Waals surface area contributed by atoms with Gasteiger partial charge in [-0.2, -0.15) is 0 Å². The molecule has 0 aromatic carbocycles. The summed E-state index contributed by atoms with van der Waals surface area (Å²) in [5.41, 5.74) is 0. The molecule has 2 fully saturated rings. The Morgan fingerprint density at radius 3 is 2.83 bits per heavy atom. The van der Waals surface area contributed by atoms with Crippen molar-refractivity contribution >= 4 is 0 Å². The molecule has 3 atom stereocenters. The molecule has 2 rings (SSSR count). The van der Waals surface area contributed by atoms with Gasteiger partial charge in [-0.1, -0.05) is 6.92 Å². The average molecular weight is 256 g/mol. The number of rotatable bonds is 7. The smallest absolute Gasteiger partial charge is 0.0710 e. The zero-order valence-corrected chi connectivity index (χ0v) is 11.9. The monoisotopic (exact) mass is 256 g/mol. The summed E-state index contributed by atoms with van der Waals surface area (Å²) < 4.78 is 11.5. The summed E-state index contributed by atoms with van der Waals surface area (Å²) in [6.07, 6.45) is 6.10. The van der Waals surface area contributed by atoms with Crippen LogP contribution in [0.25, 0.3) is 0 Å². The van der Waals surface area contributed by atoms with Crippen LogP contribution in [0.2, 0.25) is 0 Å². The molecule has 2 aliphatic heterocycles. The van der Waals surface area contributed by atoms with Crippen LogP contribution >= 0.6 is 0 Å². The zero-order valence-electron chi connectivity index (χ0n) is 11.9. The standard InChI is InChI=1S/C14H28N2O2/c1-3-7-15-9-12-4-5-14(18-12)11-16-8-6-13(10-16)17-2/h12-15H,3-11H2,1-2H3. The number of likely N-dealkylation sites (tertiary alicyclic amines) is 1. The van der Waals surface area contributed by atoms with Gasteiger partial charge in [0.15, 0.2) is 0 Å². The molecule has 106 valence electrons. The number of nitrogens with zero attached hydrogens (tertiary/aromatic N) is 1. The number of hydrogen-bond acceptors (Lipinski definition) is 4. The summed E-state index contributed by atoms with van der Waals surface area (Å²) in [6.45, 7) is 7.65. The lowest BCUT2D eigenvalue weighted by molar-refractivity contribution is 0.0239. The van der Waals surface area contributed by atoms with E-state index in [0.29, 0.717) is 18.3 Å². The van der Waals surface area contributed by atoms with Gasteiger partial charge in [0.2, 0.25) is 0 Å². The third kappa shape index (κ3) is 4.19. The Labute approximate surface area is 111 Å². The van der Waals surface area contributed by atoms with Crippen molar-refractivity contribution in [3.63, 3.8) is 0 Å². The molecule has 0 bridgehead atoms. The molecule has 0 spiro atoms. The summed E-state index contributed by atoms with van der Waals surface area (Å²) >= 11 is 0. The van der Waals surface area contributed by atoms with Crippen molar-refractivity contribution in [1.82, 2.24) is 10.2 Å². The van der Waals surface area contributed by atoms with E-state index in [0.717, 1.165) is 32.7 Å². The quantitative estimate of drug-likeness (QED) is 0.695. The number of ether oxygens (including phenoxy) is 2. The van der Waals surface area contributed by atoms with Gasteiger partial charge in [0, 0.05) is 33.3 Å². The topological polar surface area (TPSA) is 33.7 Å². The minimum atomic E-state index is 0.433. The maximum Gasteiger partial charge on any atom is 0.0710 e. The van der Waals surface area contributed by atoms with E-state index in [1.54, 1.807) is 0 Å². The second-order valence-corrected chi connectivity index (χ2v) is 5.57. The minimum absolute atomic E-state index is 0.433. The van der Waals surface area contributed by atoms with Crippen LogP contribution in [0.4, 0.5) is 0 Å². The maximum atomic E-state index is 6.09. The first-order valence-electron chi connectivity index (χ1n) is 7.43. The van der Waals surface area contributed by atoms with E-state index in [-0.39, 0.29) is 0 Å². The van der Waals surface area contributed by atoms with E-state index in [1.165, 1.54) is 25.7 Å². The lowest BCUT2D eigenvalue weighted by atomic mass is 10.2. The largest absolute Gasteiger partial charge is 0.380 e. The Hall–Kier alpha value is -0.160. The van der Waals surface area contributed by atoms with Gasteiger partial charge >= 0.3 is 0 Å². The molecule has 0 aromatic rings. The fourth-order valence-corrected chi connectivity index (χ4v) is 2.95. The van der Waals surface area contributed by atoms with Crippen LogP contribution in [-0.4, -0.2) is 63.0 Å². The zero-order chi connectivity index (χ0) is 12.8. The molecule has 0 saturated carbocycles. The Morgan fingerprint density at radius 1 is 1.28 bits per heavy atom. The molecule has 0 aliphatic carbocycles.